The van der Waals surface area contributed by atoms with Crippen LogP contribution in [0.4, 0.5) is 0 Å². The van der Waals surface area contributed by atoms with Gasteiger partial charge in [0.1, 0.15) is 140 Å². The molecule has 0 aromatic carbocycles. The lowest BCUT2D eigenvalue weighted by atomic mass is 9.93. The van der Waals surface area contributed by atoms with Crippen LogP contribution < -0.4 is 16.0 Å². The van der Waals surface area contributed by atoms with Crippen LogP contribution in [0.15, 0.2) is 24.3 Å². The van der Waals surface area contributed by atoms with Crippen LogP contribution >= 0.6 is 0 Å². The van der Waals surface area contributed by atoms with Crippen LogP contribution in [0.1, 0.15) is 253 Å². The largest absolute Gasteiger partial charge is 0.394 e. The van der Waals surface area contributed by atoms with Crippen molar-refractivity contribution in [2.24, 2.45) is 0 Å². The summed E-state index contributed by atoms with van der Waals surface area (Å²) in [7, 11) is 0. The van der Waals surface area contributed by atoms with Gasteiger partial charge in [-0.15, -0.1) is 0 Å². The van der Waals surface area contributed by atoms with Gasteiger partial charge < -0.3 is 160 Å². The van der Waals surface area contributed by atoms with E-state index in [-0.39, 0.29) is 12.3 Å². The first-order chi connectivity index (χ1) is 57.3. The summed E-state index contributed by atoms with van der Waals surface area (Å²) in [4.78, 5) is 39.2. The minimum atomic E-state index is -2.22. The molecule has 6 saturated heterocycles. The van der Waals surface area contributed by atoms with Gasteiger partial charge in [0, 0.05) is 20.3 Å². The summed E-state index contributed by atoms with van der Waals surface area (Å²) in [6, 6.07) is -4.64. The van der Waals surface area contributed by atoms with E-state index in [1.165, 1.54) is 155 Å². The van der Waals surface area contributed by atoms with E-state index in [1.54, 1.807) is 6.08 Å². The van der Waals surface area contributed by atoms with Gasteiger partial charge in [0.15, 0.2) is 37.7 Å². The lowest BCUT2D eigenvalue weighted by Gasteiger charge is -2.51. The zero-order chi connectivity index (χ0) is 86.9. The molecule has 3 amide bonds. The molecule has 694 valence electrons. The Morgan fingerprint density at radius 1 is 0.345 bits per heavy atom. The Morgan fingerprint density at radius 2 is 0.706 bits per heavy atom. The monoisotopic (exact) mass is 1710 g/mol. The summed E-state index contributed by atoms with van der Waals surface area (Å²) >= 11 is 0. The molecule has 20 N–H and O–H groups in total. The summed E-state index contributed by atoms with van der Waals surface area (Å²) in [6.45, 7) is 2.30. The smallest absolute Gasteiger partial charge is 0.220 e. The summed E-state index contributed by atoms with van der Waals surface area (Å²) in [5.41, 5.74) is 0. The molecule has 0 bridgehead atoms. The van der Waals surface area contributed by atoms with Crippen LogP contribution in [0, 0.1) is 0 Å². The van der Waals surface area contributed by atoms with E-state index < -0.39 is 248 Å². The number of unbranched alkanes of at least 4 members (excludes halogenated alkanes) is 30. The number of carbonyl (C=O) groups excluding carboxylic acids is 3. The number of hydrogen-bond donors (Lipinski definition) is 20. The summed E-state index contributed by atoms with van der Waals surface area (Å²) in [5.74, 6) is -2.02. The average molecular weight is 1720 g/mol. The van der Waals surface area contributed by atoms with Crippen molar-refractivity contribution in [2.45, 2.75) is 449 Å². The molecule has 6 rings (SSSR count). The molecule has 6 fully saturated rings. The second-order valence-corrected chi connectivity index (χ2v) is 33.1. The lowest BCUT2D eigenvalue weighted by molar-refractivity contribution is -0.402. The minimum Gasteiger partial charge on any atom is -0.394 e. The van der Waals surface area contributed by atoms with Crippen molar-refractivity contribution < 1.29 is 158 Å². The number of aliphatic hydroxyl groups excluding tert-OH is 17. The molecule has 0 aromatic rings. The van der Waals surface area contributed by atoms with Crippen molar-refractivity contribution in [3.8, 4) is 0 Å². The Balaban J connectivity index is 1.09. The third-order valence-electron chi connectivity index (χ3n) is 23.4. The Morgan fingerprint density at radius 3 is 1.19 bits per heavy atom. The van der Waals surface area contributed by atoms with Gasteiger partial charge in [0.05, 0.1) is 57.9 Å². The quantitative estimate of drug-likeness (QED) is 0.0303. The van der Waals surface area contributed by atoms with Crippen molar-refractivity contribution in [1.82, 2.24) is 16.0 Å². The van der Waals surface area contributed by atoms with Gasteiger partial charge in [-0.3, -0.25) is 14.4 Å². The fourth-order valence-corrected chi connectivity index (χ4v) is 16.1. The average Bonchev–Trinajstić information content (AvgIpc) is 0.760. The van der Waals surface area contributed by atoms with Gasteiger partial charge in [-0.05, 0) is 51.9 Å². The van der Waals surface area contributed by atoms with Crippen LogP contribution in [-0.4, -0.2) is 340 Å². The normalized spacial score (nSPS) is 35.8. The van der Waals surface area contributed by atoms with E-state index in [1.807, 2.05) is 6.08 Å². The zero-order valence-electron chi connectivity index (χ0n) is 70.8. The number of carbonyl (C=O) groups is 3. The molecular formula is C84H151N3O32. The Kier molecular flexibility index (Phi) is 50.4. The van der Waals surface area contributed by atoms with Gasteiger partial charge in [-0.1, -0.05) is 205 Å². The van der Waals surface area contributed by atoms with E-state index in [9.17, 15) is 101 Å². The van der Waals surface area contributed by atoms with Gasteiger partial charge >= 0.3 is 0 Å². The second kappa shape index (κ2) is 57.4. The Bertz CT molecular complexity index is 2780. The SMILES string of the molecule is CCCCCCCC/C=C\CCCCCCCCCCCCCCCC(=O)N[C@@H](CO[C@@H]1OC(CO)[C@@H](O[C@@H]2OC(CO)[C@H](O)[C@H](O[C@@H]3OC(CO)[C@@H](O[C@@H]4OC(CO)[C@H](O)[C@H](O[C@H]5OC(CO)[C@H](O)[C@H](O)C5NC(C)=O)C4O[C@H]4OC(C)[C@@H](O)C(O)[C@@H]4O)[C@H](O)C3NC(C)=O)C2O)[C@H](O)C1O)[C@H](O)/C=C/CCCCCCCCCCCCC. The summed E-state index contributed by atoms with van der Waals surface area (Å²) in [6.07, 6.45) is -8.14. The number of amides is 3. The molecule has 0 saturated carbocycles. The predicted octanol–water partition coefficient (Wildman–Crippen LogP) is 1.50. The van der Waals surface area contributed by atoms with E-state index in [0.717, 1.165) is 65.2 Å². The highest BCUT2D eigenvalue weighted by Gasteiger charge is 2.59. The van der Waals surface area contributed by atoms with Gasteiger partial charge in [-0.25, -0.2) is 0 Å². The van der Waals surface area contributed by atoms with E-state index >= 15 is 0 Å². The topological polar surface area (TPSA) is 542 Å². The molecule has 119 heavy (non-hydrogen) atoms. The minimum absolute atomic E-state index is 0.171. The Labute approximate surface area is 702 Å². The van der Waals surface area contributed by atoms with Gasteiger partial charge in [0.25, 0.3) is 0 Å². The maximum absolute atomic E-state index is 13.6. The van der Waals surface area contributed by atoms with Crippen molar-refractivity contribution in [1.29, 1.82) is 0 Å². The van der Waals surface area contributed by atoms with Crippen LogP contribution in [0.5, 0.6) is 0 Å². The maximum Gasteiger partial charge on any atom is 0.220 e. The first-order valence-corrected chi connectivity index (χ1v) is 44.5. The van der Waals surface area contributed by atoms with E-state index in [4.69, 9.17) is 56.8 Å². The number of allylic oxidation sites excluding steroid dienone is 3. The van der Waals surface area contributed by atoms with Crippen molar-refractivity contribution in [2.75, 3.05) is 39.6 Å². The molecule has 6 heterocycles. The summed E-state index contributed by atoms with van der Waals surface area (Å²) < 4.78 is 72.4. The van der Waals surface area contributed by atoms with Gasteiger partial charge in [0.2, 0.25) is 17.7 Å². The first-order valence-electron chi connectivity index (χ1n) is 44.5. The van der Waals surface area contributed by atoms with Crippen molar-refractivity contribution >= 4 is 17.7 Å². The molecule has 35 heteroatoms. The molecule has 12 unspecified atom stereocenters. The summed E-state index contributed by atoms with van der Waals surface area (Å²) in [5, 5.41) is 199. The predicted molar refractivity (Wildman–Crippen MR) is 429 cm³/mol. The highest BCUT2D eigenvalue weighted by atomic mass is 16.8. The highest BCUT2D eigenvalue weighted by molar-refractivity contribution is 5.76. The van der Waals surface area contributed by atoms with Crippen LogP contribution in [0.2, 0.25) is 0 Å². The molecule has 6 aliphatic heterocycles. The lowest BCUT2D eigenvalue weighted by Crippen LogP contribution is -2.71. The number of hydrogen-bond acceptors (Lipinski definition) is 32. The highest BCUT2D eigenvalue weighted by Crippen LogP contribution is 2.39. The van der Waals surface area contributed by atoms with E-state index in [0.29, 0.717) is 12.8 Å². The van der Waals surface area contributed by atoms with E-state index in [2.05, 4.69) is 41.9 Å². The Hall–Kier alpha value is -3.27. The van der Waals surface area contributed by atoms with Crippen LogP contribution in [-0.2, 0) is 71.2 Å². The standard InChI is InChI=1S/C84H151N3O32/c1-6-8-10-12-14-16-18-20-21-22-23-24-25-26-27-28-29-31-33-35-37-39-41-43-60(96)87-53(54(95)42-40-38-36-34-32-30-19-17-15-13-11-9-7-2)49-108-81-72(106)70(104)75(59(48-92)114-81)115-83-73(107)76(65(99)56(45-89)111-83)117-80-62(86-52(5)94)68(102)74(58(47-91)113-80)116-84-78(119-82-71(105)69(103)63(97)50(3)109-82)77(66(100)57(46-90)112-84)118-79-61(85-51(4)93)67(101)64(98)55(44-88)110-79/h20-21,40,42,50,53-59,61-84,88-92,95,97-107H,6-19,22-39,41,43-49H2,1-5H3,(H,85,93)(H,86,94)(H,87,96)/b21-20-,42-40+/t50?,53-,54+,55?,56?,57?,58?,59?,61?,62?,63+,64-,65-,66-,67+,68+,69?,70+,71-,72?,73?,74+,75+,76-,77-,78?,79+,80-,81+,82+,83-,84-/m0/s1. The molecule has 0 aliphatic carbocycles. The third kappa shape index (κ3) is 33.8. The number of ether oxygens (including phenoxy) is 12. The number of nitrogens with one attached hydrogen (secondary N) is 3. The van der Waals surface area contributed by atoms with Crippen LogP contribution in [0.3, 0.4) is 0 Å². The fraction of sp³-hybridized carbons (Fsp3) is 0.917. The number of rotatable bonds is 58. The molecule has 0 aromatic heterocycles. The molecule has 6 aliphatic rings. The molecule has 35 nitrogen and oxygen atoms in total. The molecular weight excluding hydrogens is 1560 g/mol. The number of aliphatic hydroxyl groups is 17. The van der Waals surface area contributed by atoms with Crippen molar-refractivity contribution in [3.05, 3.63) is 24.3 Å². The third-order valence-corrected chi connectivity index (χ3v) is 23.4. The molecule has 32 atom stereocenters. The second-order valence-electron chi connectivity index (χ2n) is 33.1. The zero-order valence-corrected chi connectivity index (χ0v) is 70.8. The first kappa shape index (κ1) is 105. The molecule has 0 radical (unpaired) electrons. The van der Waals surface area contributed by atoms with Crippen molar-refractivity contribution in [3.63, 3.8) is 0 Å². The fourth-order valence-electron chi connectivity index (χ4n) is 16.1. The maximum atomic E-state index is 13.6. The molecule has 0 spiro atoms. The van der Waals surface area contributed by atoms with Gasteiger partial charge in [-0.2, -0.15) is 0 Å². The van der Waals surface area contributed by atoms with Crippen LogP contribution in [0.25, 0.3) is 0 Å².